The molecule has 21 heavy (non-hydrogen) atoms. The maximum atomic E-state index is 12.4. The summed E-state index contributed by atoms with van der Waals surface area (Å²) in [5.41, 5.74) is 2.19. The lowest BCUT2D eigenvalue weighted by Crippen LogP contribution is -2.28. The highest BCUT2D eigenvalue weighted by molar-refractivity contribution is 7.89. The van der Waals surface area contributed by atoms with Crippen molar-refractivity contribution in [2.75, 3.05) is 13.2 Å². The molecule has 118 valence electrons. The Hall–Kier alpha value is -0.950. The second-order valence-electron chi connectivity index (χ2n) is 5.52. The molecule has 1 saturated heterocycles. The summed E-state index contributed by atoms with van der Waals surface area (Å²) >= 11 is 0. The van der Waals surface area contributed by atoms with Gasteiger partial charge in [0.1, 0.15) is 0 Å². The van der Waals surface area contributed by atoms with E-state index < -0.39 is 10.0 Å². The van der Waals surface area contributed by atoms with Crippen LogP contribution in [0.5, 0.6) is 0 Å². The number of nitrogens with one attached hydrogen (secondary N) is 1. The van der Waals surface area contributed by atoms with Crippen molar-refractivity contribution in [2.24, 2.45) is 0 Å². The van der Waals surface area contributed by atoms with Crippen LogP contribution in [0.25, 0.3) is 0 Å². The Morgan fingerprint density at radius 2 is 2.14 bits per heavy atom. The SMILES string of the molecule is Cc1cc(CO)cc(S(=O)(=O)NCCC2CCCO2)c1C. The van der Waals surface area contributed by atoms with Crippen molar-refractivity contribution < 1.29 is 18.3 Å². The van der Waals surface area contributed by atoms with Crippen molar-refractivity contribution in [1.29, 1.82) is 0 Å². The fourth-order valence-electron chi connectivity index (χ4n) is 2.57. The fraction of sp³-hybridized carbons (Fsp3) is 0.600. The highest BCUT2D eigenvalue weighted by Gasteiger charge is 2.20. The maximum Gasteiger partial charge on any atom is 0.240 e. The molecule has 0 aromatic heterocycles. The molecule has 0 amide bonds. The summed E-state index contributed by atoms with van der Waals surface area (Å²) in [5.74, 6) is 0. The van der Waals surface area contributed by atoms with Gasteiger partial charge in [-0.15, -0.1) is 0 Å². The normalized spacial score (nSPS) is 19.1. The van der Waals surface area contributed by atoms with Crippen LogP contribution in [0.4, 0.5) is 0 Å². The molecule has 1 aromatic carbocycles. The molecule has 0 aliphatic carbocycles. The number of benzene rings is 1. The Kier molecular flexibility index (Phi) is 5.37. The topological polar surface area (TPSA) is 75.6 Å². The highest BCUT2D eigenvalue weighted by atomic mass is 32.2. The summed E-state index contributed by atoms with van der Waals surface area (Å²) in [6.07, 6.45) is 2.91. The van der Waals surface area contributed by atoms with E-state index in [1.165, 1.54) is 6.07 Å². The van der Waals surface area contributed by atoms with Crippen LogP contribution in [-0.2, 0) is 21.4 Å². The van der Waals surface area contributed by atoms with E-state index in [4.69, 9.17) is 4.74 Å². The minimum atomic E-state index is -3.55. The molecule has 5 nitrogen and oxygen atoms in total. The van der Waals surface area contributed by atoms with Crippen LogP contribution in [0.3, 0.4) is 0 Å². The number of aryl methyl sites for hydroxylation is 1. The average Bonchev–Trinajstić information content (AvgIpc) is 2.94. The first kappa shape index (κ1) is 16.4. The molecule has 1 aliphatic rings. The number of hydrogen-bond acceptors (Lipinski definition) is 4. The van der Waals surface area contributed by atoms with Crippen LogP contribution >= 0.6 is 0 Å². The van der Waals surface area contributed by atoms with Crippen molar-refractivity contribution in [2.45, 2.75) is 50.7 Å². The lowest BCUT2D eigenvalue weighted by atomic mass is 10.1. The highest BCUT2D eigenvalue weighted by Crippen LogP contribution is 2.21. The van der Waals surface area contributed by atoms with E-state index in [1.54, 1.807) is 13.0 Å². The predicted molar refractivity (Wildman–Crippen MR) is 80.6 cm³/mol. The van der Waals surface area contributed by atoms with Crippen LogP contribution in [0, 0.1) is 13.8 Å². The van der Waals surface area contributed by atoms with Crippen LogP contribution in [0.1, 0.15) is 36.0 Å². The largest absolute Gasteiger partial charge is 0.392 e. The molecular formula is C15H23NO4S. The van der Waals surface area contributed by atoms with Gasteiger partial charge in [-0.2, -0.15) is 0 Å². The zero-order chi connectivity index (χ0) is 15.5. The number of rotatable bonds is 6. The minimum absolute atomic E-state index is 0.166. The van der Waals surface area contributed by atoms with Gasteiger partial charge in [0.25, 0.3) is 0 Å². The second-order valence-corrected chi connectivity index (χ2v) is 7.25. The Bertz CT molecular complexity index is 592. The number of aliphatic hydroxyl groups excluding tert-OH is 1. The van der Waals surface area contributed by atoms with Gasteiger partial charge in [-0.3, -0.25) is 0 Å². The smallest absolute Gasteiger partial charge is 0.240 e. The van der Waals surface area contributed by atoms with E-state index in [2.05, 4.69) is 4.72 Å². The van der Waals surface area contributed by atoms with E-state index >= 15 is 0 Å². The van der Waals surface area contributed by atoms with Crippen LogP contribution in [0.15, 0.2) is 17.0 Å². The lowest BCUT2D eigenvalue weighted by molar-refractivity contribution is 0.105. The van der Waals surface area contributed by atoms with Crippen molar-refractivity contribution in [3.8, 4) is 0 Å². The Labute approximate surface area is 126 Å². The predicted octanol–water partition coefficient (Wildman–Crippen LogP) is 1.64. The van der Waals surface area contributed by atoms with Gasteiger partial charge in [-0.25, -0.2) is 13.1 Å². The molecular weight excluding hydrogens is 290 g/mol. The first-order chi connectivity index (χ1) is 9.94. The third kappa shape index (κ3) is 4.03. The molecule has 6 heteroatoms. The van der Waals surface area contributed by atoms with Crippen LogP contribution in [0.2, 0.25) is 0 Å². The molecule has 1 aliphatic heterocycles. The summed E-state index contributed by atoms with van der Waals surface area (Å²) in [6.45, 7) is 4.60. The number of aliphatic hydroxyl groups is 1. The first-order valence-electron chi connectivity index (χ1n) is 7.26. The fourth-order valence-corrected chi connectivity index (χ4v) is 3.99. The van der Waals surface area contributed by atoms with Gasteiger partial charge in [-0.05, 0) is 55.9 Å². The molecule has 0 saturated carbocycles. The van der Waals surface area contributed by atoms with Crippen LogP contribution < -0.4 is 4.72 Å². The van der Waals surface area contributed by atoms with E-state index in [0.29, 0.717) is 18.5 Å². The Balaban J connectivity index is 2.09. The molecule has 0 spiro atoms. The van der Waals surface area contributed by atoms with Gasteiger partial charge >= 0.3 is 0 Å². The first-order valence-corrected chi connectivity index (χ1v) is 8.74. The molecule has 0 radical (unpaired) electrons. The molecule has 1 unspecified atom stereocenters. The van der Waals surface area contributed by atoms with Gasteiger partial charge < -0.3 is 9.84 Å². The quantitative estimate of drug-likeness (QED) is 0.837. The zero-order valence-electron chi connectivity index (χ0n) is 12.6. The van der Waals surface area contributed by atoms with Crippen molar-refractivity contribution in [3.05, 3.63) is 28.8 Å². The van der Waals surface area contributed by atoms with Gasteiger partial charge in [0, 0.05) is 13.2 Å². The summed E-state index contributed by atoms with van der Waals surface area (Å²) in [4.78, 5) is 0.249. The number of sulfonamides is 1. The summed E-state index contributed by atoms with van der Waals surface area (Å²) in [7, 11) is -3.55. The standard InChI is InChI=1S/C15H23NO4S/c1-11-8-13(10-17)9-15(12(11)2)21(18,19)16-6-5-14-4-3-7-20-14/h8-9,14,16-17H,3-7,10H2,1-2H3. The summed E-state index contributed by atoms with van der Waals surface area (Å²) in [6, 6.07) is 3.34. The van der Waals surface area contributed by atoms with Gasteiger partial charge in [0.15, 0.2) is 0 Å². The average molecular weight is 313 g/mol. The summed E-state index contributed by atoms with van der Waals surface area (Å²) < 4.78 is 32.9. The van der Waals surface area contributed by atoms with E-state index in [0.717, 1.165) is 30.6 Å². The molecule has 0 bridgehead atoms. The lowest BCUT2D eigenvalue weighted by Gasteiger charge is -2.14. The molecule has 1 aromatic rings. The summed E-state index contributed by atoms with van der Waals surface area (Å²) in [5, 5.41) is 9.23. The molecule has 2 rings (SSSR count). The van der Waals surface area contributed by atoms with Gasteiger partial charge in [-0.1, -0.05) is 6.07 Å². The Morgan fingerprint density at radius 1 is 1.38 bits per heavy atom. The van der Waals surface area contributed by atoms with E-state index in [9.17, 15) is 13.5 Å². The Morgan fingerprint density at radius 3 is 2.76 bits per heavy atom. The number of hydrogen-bond donors (Lipinski definition) is 2. The molecule has 1 fully saturated rings. The van der Waals surface area contributed by atoms with Crippen molar-refractivity contribution in [3.63, 3.8) is 0 Å². The monoisotopic (exact) mass is 313 g/mol. The van der Waals surface area contributed by atoms with Crippen molar-refractivity contribution >= 4 is 10.0 Å². The molecule has 1 heterocycles. The zero-order valence-corrected chi connectivity index (χ0v) is 13.4. The van der Waals surface area contributed by atoms with Crippen molar-refractivity contribution in [1.82, 2.24) is 4.72 Å². The van der Waals surface area contributed by atoms with E-state index in [-0.39, 0.29) is 17.6 Å². The van der Waals surface area contributed by atoms with E-state index in [1.807, 2.05) is 6.92 Å². The van der Waals surface area contributed by atoms with Gasteiger partial charge in [0.2, 0.25) is 10.0 Å². The second kappa shape index (κ2) is 6.87. The molecule has 1 atom stereocenters. The third-order valence-corrected chi connectivity index (χ3v) is 5.52. The van der Waals surface area contributed by atoms with Crippen LogP contribution in [-0.4, -0.2) is 32.8 Å². The minimum Gasteiger partial charge on any atom is -0.392 e. The maximum absolute atomic E-state index is 12.4. The molecule has 2 N–H and O–H groups in total. The third-order valence-electron chi connectivity index (χ3n) is 3.93. The number of ether oxygens (including phenoxy) is 1. The van der Waals surface area contributed by atoms with Gasteiger partial charge in [0.05, 0.1) is 17.6 Å².